The summed E-state index contributed by atoms with van der Waals surface area (Å²) >= 11 is 0. The third kappa shape index (κ3) is 4.54. The van der Waals surface area contributed by atoms with E-state index in [1.54, 1.807) is 28.4 Å². The fourth-order valence-electron chi connectivity index (χ4n) is 6.42. The lowest BCUT2D eigenvalue weighted by Crippen LogP contribution is -2.41. The molecule has 2 saturated carbocycles. The lowest BCUT2D eigenvalue weighted by molar-refractivity contribution is -0.130. The molecule has 37 heavy (non-hydrogen) atoms. The Morgan fingerprint density at radius 1 is 0.892 bits per heavy atom. The quantitative estimate of drug-likeness (QED) is 0.436. The van der Waals surface area contributed by atoms with E-state index in [9.17, 15) is 9.59 Å². The standard InChI is InChI=1S/C31H35NO5/c1-32-30(34)25-15-24(18-31(25)10-5-11-31)26(33)13-19-6-7-21-14-22(9-8-20(21)12-19)23-16-27(35-2)29(37-4)28(17-23)36-3/h6-9,12,14,16-17,24-25H,5,10-11,13,15,18H2,1-4H3,(H,32,34). The summed E-state index contributed by atoms with van der Waals surface area (Å²) in [5.41, 5.74) is 3.07. The number of Topliss-reactive ketones (excluding diaryl/α,β-unsaturated/α-hetero) is 1. The molecule has 0 aromatic heterocycles. The number of rotatable bonds is 8. The van der Waals surface area contributed by atoms with Gasteiger partial charge >= 0.3 is 0 Å². The molecule has 0 heterocycles. The third-order valence-electron chi connectivity index (χ3n) is 8.56. The highest BCUT2D eigenvalue weighted by molar-refractivity contribution is 5.91. The lowest BCUT2D eigenvalue weighted by Gasteiger charge is -2.42. The Morgan fingerprint density at radius 2 is 1.57 bits per heavy atom. The van der Waals surface area contributed by atoms with Crippen LogP contribution >= 0.6 is 0 Å². The van der Waals surface area contributed by atoms with Crippen molar-refractivity contribution in [2.45, 2.75) is 38.5 Å². The molecule has 1 amide bonds. The highest BCUT2D eigenvalue weighted by atomic mass is 16.5. The maximum atomic E-state index is 13.3. The van der Waals surface area contributed by atoms with Crippen LogP contribution in [0.4, 0.5) is 0 Å². The molecule has 2 aliphatic carbocycles. The molecule has 0 aliphatic heterocycles. The van der Waals surface area contributed by atoms with E-state index in [0.29, 0.717) is 30.1 Å². The molecule has 6 heteroatoms. The van der Waals surface area contributed by atoms with E-state index in [2.05, 4.69) is 35.6 Å². The van der Waals surface area contributed by atoms with Crippen LogP contribution in [0.5, 0.6) is 17.2 Å². The molecule has 0 saturated heterocycles. The second kappa shape index (κ2) is 10.1. The fourth-order valence-corrected chi connectivity index (χ4v) is 6.42. The topological polar surface area (TPSA) is 73.9 Å². The molecule has 2 fully saturated rings. The van der Waals surface area contributed by atoms with Crippen LogP contribution in [0.1, 0.15) is 37.7 Å². The van der Waals surface area contributed by atoms with Crippen LogP contribution in [0, 0.1) is 17.3 Å². The molecule has 5 rings (SSSR count). The minimum Gasteiger partial charge on any atom is -0.493 e. The molecule has 1 spiro atoms. The highest BCUT2D eigenvalue weighted by Gasteiger charge is 2.54. The van der Waals surface area contributed by atoms with Gasteiger partial charge in [0, 0.05) is 25.3 Å². The van der Waals surface area contributed by atoms with E-state index >= 15 is 0 Å². The van der Waals surface area contributed by atoms with Crippen molar-refractivity contribution in [3.63, 3.8) is 0 Å². The molecule has 6 nitrogen and oxygen atoms in total. The Bertz CT molecular complexity index is 1320. The maximum Gasteiger partial charge on any atom is 0.223 e. The monoisotopic (exact) mass is 501 g/mol. The predicted molar refractivity (Wildman–Crippen MR) is 144 cm³/mol. The molecule has 194 valence electrons. The summed E-state index contributed by atoms with van der Waals surface area (Å²) in [6.45, 7) is 0. The van der Waals surface area contributed by atoms with Crippen molar-refractivity contribution in [2.75, 3.05) is 28.4 Å². The second-order valence-electron chi connectivity index (χ2n) is 10.5. The second-order valence-corrected chi connectivity index (χ2v) is 10.5. The first-order valence-corrected chi connectivity index (χ1v) is 13.0. The average molecular weight is 502 g/mol. The van der Waals surface area contributed by atoms with Crippen LogP contribution in [-0.2, 0) is 16.0 Å². The van der Waals surface area contributed by atoms with Gasteiger partial charge in [-0.1, -0.05) is 36.8 Å². The Hall–Kier alpha value is -3.54. The van der Waals surface area contributed by atoms with Gasteiger partial charge in [0.1, 0.15) is 5.78 Å². The van der Waals surface area contributed by atoms with Crippen LogP contribution in [0.2, 0.25) is 0 Å². The van der Waals surface area contributed by atoms with Gasteiger partial charge in [-0.15, -0.1) is 0 Å². The van der Waals surface area contributed by atoms with Gasteiger partial charge in [-0.05, 0) is 76.8 Å². The van der Waals surface area contributed by atoms with E-state index in [1.165, 1.54) is 0 Å². The van der Waals surface area contributed by atoms with Crippen LogP contribution < -0.4 is 19.5 Å². The van der Waals surface area contributed by atoms with Gasteiger partial charge in [-0.2, -0.15) is 0 Å². The molecule has 3 aromatic carbocycles. The normalized spacial score (nSPS) is 19.9. The van der Waals surface area contributed by atoms with Gasteiger partial charge in [-0.3, -0.25) is 9.59 Å². The van der Waals surface area contributed by atoms with E-state index in [-0.39, 0.29) is 28.9 Å². The molecular formula is C31H35NO5. The number of carbonyl (C=O) groups excluding carboxylic acids is 2. The van der Waals surface area contributed by atoms with Crippen molar-refractivity contribution in [3.05, 3.63) is 54.1 Å². The lowest BCUT2D eigenvalue weighted by atomic mass is 9.62. The Morgan fingerprint density at radius 3 is 2.16 bits per heavy atom. The zero-order valence-corrected chi connectivity index (χ0v) is 22.1. The van der Waals surface area contributed by atoms with Gasteiger partial charge in [-0.25, -0.2) is 0 Å². The van der Waals surface area contributed by atoms with Gasteiger partial charge in [0.2, 0.25) is 11.7 Å². The summed E-state index contributed by atoms with van der Waals surface area (Å²) in [5, 5.41) is 5.01. The minimum atomic E-state index is -0.0271. The molecule has 1 N–H and O–H groups in total. The molecule has 0 radical (unpaired) electrons. The number of nitrogens with one attached hydrogen (secondary N) is 1. The van der Waals surface area contributed by atoms with Crippen molar-refractivity contribution < 1.29 is 23.8 Å². The van der Waals surface area contributed by atoms with Crippen molar-refractivity contribution in [3.8, 4) is 28.4 Å². The molecule has 0 bridgehead atoms. The van der Waals surface area contributed by atoms with E-state index < -0.39 is 0 Å². The van der Waals surface area contributed by atoms with Gasteiger partial charge in [0.25, 0.3) is 0 Å². The number of benzene rings is 3. The van der Waals surface area contributed by atoms with Gasteiger partial charge < -0.3 is 19.5 Å². The Balaban J connectivity index is 1.35. The van der Waals surface area contributed by atoms with Crippen LogP contribution in [-0.4, -0.2) is 40.1 Å². The number of hydrogen-bond donors (Lipinski definition) is 1. The molecule has 3 aromatic rings. The summed E-state index contributed by atoms with van der Waals surface area (Å²) in [6, 6.07) is 16.4. The van der Waals surface area contributed by atoms with Crippen LogP contribution in [0.25, 0.3) is 21.9 Å². The van der Waals surface area contributed by atoms with Crippen molar-refractivity contribution in [1.29, 1.82) is 0 Å². The Labute approximate surface area is 218 Å². The number of carbonyl (C=O) groups is 2. The van der Waals surface area contributed by atoms with E-state index in [4.69, 9.17) is 14.2 Å². The largest absolute Gasteiger partial charge is 0.493 e. The van der Waals surface area contributed by atoms with Crippen LogP contribution in [0.3, 0.4) is 0 Å². The summed E-state index contributed by atoms with van der Waals surface area (Å²) in [5.74, 6) is 2.09. The van der Waals surface area contributed by atoms with E-state index in [0.717, 1.165) is 53.1 Å². The zero-order chi connectivity index (χ0) is 26.2. The zero-order valence-electron chi connectivity index (χ0n) is 22.1. The molecule has 2 atom stereocenters. The van der Waals surface area contributed by atoms with Crippen molar-refractivity contribution >= 4 is 22.5 Å². The van der Waals surface area contributed by atoms with Gasteiger partial charge in [0.05, 0.1) is 21.3 Å². The molecule has 2 unspecified atom stereocenters. The van der Waals surface area contributed by atoms with Crippen molar-refractivity contribution in [2.24, 2.45) is 17.3 Å². The number of fused-ring (bicyclic) bond motifs is 1. The average Bonchev–Trinajstić information content (AvgIpc) is 3.33. The van der Waals surface area contributed by atoms with Crippen LogP contribution in [0.15, 0.2) is 48.5 Å². The predicted octanol–water partition coefficient (Wildman–Crippen LogP) is 5.59. The number of ketones is 1. The van der Waals surface area contributed by atoms with Crippen molar-refractivity contribution in [1.82, 2.24) is 5.32 Å². The number of methoxy groups -OCH3 is 3. The number of ether oxygens (including phenoxy) is 3. The summed E-state index contributed by atoms with van der Waals surface area (Å²) in [4.78, 5) is 25.8. The number of hydrogen-bond acceptors (Lipinski definition) is 5. The highest BCUT2D eigenvalue weighted by Crippen LogP contribution is 2.59. The molecular weight excluding hydrogens is 466 g/mol. The summed E-state index contributed by atoms with van der Waals surface area (Å²) in [6.07, 6.45) is 5.25. The summed E-state index contributed by atoms with van der Waals surface area (Å²) in [7, 11) is 6.52. The minimum absolute atomic E-state index is 0.0228. The third-order valence-corrected chi connectivity index (χ3v) is 8.56. The molecule has 2 aliphatic rings. The van der Waals surface area contributed by atoms with E-state index in [1.807, 2.05) is 18.2 Å². The first-order chi connectivity index (χ1) is 17.9. The fraction of sp³-hybridized carbons (Fsp3) is 0.419. The maximum absolute atomic E-state index is 13.3. The summed E-state index contributed by atoms with van der Waals surface area (Å²) < 4.78 is 16.5. The SMILES string of the molecule is CNC(=O)C1CC(C(=O)Cc2ccc3cc(-c4cc(OC)c(OC)c(OC)c4)ccc3c2)CC12CCC2. The Kier molecular flexibility index (Phi) is 6.84. The smallest absolute Gasteiger partial charge is 0.223 e. The number of amides is 1. The van der Waals surface area contributed by atoms with Gasteiger partial charge in [0.15, 0.2) is 11.5 Å². The first kappa shape index (κ1) is 25.1. The first-order valence-electron chi connectivity index (χ1n) is 13.0.